The standard InChI is InChI=1S/C20H22N2O/c1-3-5-15-6-4-7-17(12-15)20(23)21-19-9-8-16-10-11-22(2)14-18(16)13-19/h3-9,12-13H,10-11,14H2,1-2H3,(H,21,23)/b5-3+. The van der Waals surface area contributed by atoms with Crippen LogP contribution in [-0.4, -0.2) is 24.4 Å². The summed E-state index contributed by atoms with van der Waals surface area (Å²) in [5.74, 6) is -0.0690. The quantitative estimate of drug-likeness (QED) is 0.931. The van der Waals surface area contributed by atoms with Crippen LogP contribution in [0.5, 0.6) is 0 Å². The monoisotopic (exact) mass is 306 g/mol. The molecule has 0 atom stereocenters. The number of rotatable bonds is 3. The Balaban J connectivity index is 1.78. The number of carbonyl (C=O) groups is 1. The lowest BCUT2D eigenvalue weighted by atomic mass is 9.99. The first-order valence-corrected chi connectivity index (χ1v) is 8.00. The number of likely N-dealkylation sites (N-methyl/N-ethyl adjacent to an activating group) is 1. The fraction of sp³-hybridized carbons (Fsp3) is 0.250. The first-order valence-electron chi connectivity index (χ1n) is 8.00. The van der Waals surface area contributed by atoms with Gasteiger partial charge in [-0.05, 0) is 61.3 Å². The summed E-state index contributed by atoms with van der Waals surface area (Å²) in [5.41, 5.74) is 5.26. The van der Waals surface area contributed by atoms with E-state index in [2.05, 4.69) is 29.4 Å². The molecule has 0 saturated heterocycles. The van der Waals surface area contributed by atoms with Crippen LogP contribution in [0.2, 0.25) is 0 Å². The first kappa shape index (κ1) is 15.5. The van der Waals surface area contributed by atoms with Crippen LogP contribution in [-0.2, 0) is 13.0 Å². The van der Waals surface area contributed by atoms with Gasteiger partial charge < -0.3 is 10.2 Å². The number of allylic oxidation sites excluding steroid dienone is 1. The highest BCUT2D eigenvalue weighted by Gasteiger charge is 2.14. The van der Waals surface area contributed by atoms with E-state index in [-0.39, 0.29) is 5.91 Å². The molecule has 0 spiro atoms. The molecule has 2 aromatic carbocycles. The molecule has 2 aromatic rings. The van der Waals surface area contributed by atoms with Crippen molar-refractivity contribution in [3.8, 4) is 0 Å². The summed E-state index contributed by atoms with van der Waals surface area (Å²) >= 11 is 0. The molecule has 1 N–H and O–H groups in total. The lowest BCUT2D eigenvalue weighted by Crippen LogP contribution is -2.26. The third kappa shape index (κ3) is 3.69. The summed E-state index contributed by atoms with van der Waals surface area (Å²) < 4.78 is 0. The highest BCUT2D eigenvalue weighted by atomic mass is 16.1. The molecule has 1 amide bonds. The van der Waals surface area contributed by atoms with Gasteiger partial charge in [0.2, 0.25) is 0 Å². The average molecular weight is 306 g/mol. The van der Waals surface area contributed by atoms with Gasteiger partial charge in [0.25, 0.3) is 5.91 Å². The number of nitrogens with zero attached hydrogens (tertiary/aromatic N) is 1. The number of nitrogens with one attached hydrogen (secondary N) is 1. The average Bonchev–Trinajstić information content (AvgIpc) is 2.55. The molecule has 3 heteroatoms. The Bertz CT molecular complexity index is 749. The van der Waals surface area contributed by atoms with Gasteiger partial charge in [-0.15, -0.1) is 0 Å². The fourth-order valence-electron chi connectivity index (χ4n) is 2.96. The summed E-state index contributed by atoms with van der Waals surface area (Å²) in [6.45, 7) is 4.00. The van der Waals surface area contributed by atoms with Crippen LogP contribution in [0.1, 0.15) is 34.0 Å². The Morgan fingerprint density at radius 2 is 2.04 bits per heavy atom. The van der Waals surface area contributed by atoms with Gasteiger partial charge in [0.1, 0.15) is 0 Å². The van der Waals surface area contributed by atoms with Gasteiger partial charge in [0.15, 0.2) is 0 Å². The fourth-order valence-corrected chi connectivity index (χ4v) is 2.96. The molecule has 0 fully saturated rings. The minimum absolute atomic E-state index is 0.0690. The van der Waals surface area contributed by atoms with Crippen molar-refractivity contribution in [2.24, 2.45) is 0 Å². The molecular weight excluding hydrogens is 284 g/mol. The van der Waals surface area contributed by atoms with Gasteiger partial charge >= 0.3 is 0 Å². The van der Waals surface area contributed by atoms with Crippen molar-refractivity contribution in [3.63, 3.8) is 0 Å². The van der Waals surface area contributed by atoms with Gasteiger partial charge in [-0.25, -0.2) is 0 Å². The Morgan fingerprint density at radius 1 is 1.17 bits per heavy atom. The van der Waals surface area contributed by atoms with Crippen molar-refractivity contribution in [2.45, 2.75) is 19.9 Å². The highest BCUT2D eigenvalue weighted by molar-refractivity contribution is 6.04. The Hall–Kier alpha value is -2.39. The number of anilines is 1. The SMILES string of the molecule is C/C=C/c1cccc(C(=O)Nc2ccc3c(c2)CN(C)CC3)c1. The molecule has 118 valence electrons. The number of hydrogen-bond donors (Lipinski definition) is 1. The van der Waals surface area contributed by atoms with E-state index in [9.17, 15) is 4.79 Å². The van der Waals surface area contributed by atoms with Crippen LogP contribution >= 0.6 is 0 Å². The molecule has 0 saturated carbocycles. The molecule has 0 bridgehead atoms. The van der Waals surface area contributed by atoms with Crippen LogP contribution in [0.15, 0.2) is 48.5 Å². The second kappa shape index (κ2) is 6.80. The van der Waals surface area contributed by atoms with E-state index in [4.69, 9.17) is 0 Å². The maximum Gasteiger partial charge on any atom is 0.255 e. The van der Waals surface area contributed by atoms with Crippen molar-refractivity contribution >= 4 is 17.7 Å². The molecule has 3 nitrogen and oxygen atoms in total. The van der Waals surface area contributed by atoms with E-state index in [1.807, 2.05) is 49.4 Å². The van der Waals surface area contributed by atoms with Gasteiger partial charge in [-0.1, -0.05) is 30.4 Å². The topological polar surface area (TPSA) is 32.3 Å². The predicted octanol–water partition coefficient (Wildman–Crippen LogP) is 3.96. The van der Waals surface area contributed by atoms with Crippen LogP contribution in [0, 0.1) is 0 Å². The van der Waals surface area contributed by atoms with Crippen LogP contribution in [0.3, 0.4) is 0 Å². The smallest absolute Gasteiger partial charge is 0.255 e. The van der Waals surface area contributed by atoms with Gasteiger partial charge in [0.05, 0.1) is 0 Å². The van der Waals surface area contributed by atoms with E-state index < -0.39 is 0 Å². The lowest BCUT2D eigenvalue weighted by Gasteiger charge is -2.25. The number of carbonyl (C=O) groups excluding carboxylic acids is 1. The van der Waals surface area contributed by atoms with Crippen molar-refractivity contribution in [3.05, 3.63) is 70.8 Å². The molecule has 1 heterocycles. The molecule has 0 aliphatic carbocycles. The van der Waals surface area contributed by atoms with Crippen molar-refractivity contribution < 1.29 is 4.79 Å². The number of hydrogen-bond acceptors (Lipinski definition) is 2. The lowest BCUT2D eigenvalue weighted by molar-refractivity contribution is 0.102. The molecule has 0 unspecified atom stereocenters. The molecule has 0 aromatic heterocycles. The second-order valence-electron chi connectivity index (χ2n) is 6.05. The summed E-state index contributed by atoms with van der Waals surface area (Å²) in [6, 6.07) is 13.9. The van der Waals surface area contributed by atoms with E-state index >= 15 is 0 Å². The Kier molecular flexibility index (Phi) is 4.58. The van der Waals surface area contributed by atoms with E-state index in [1.165, 1.54) is 11.1 Å². The van der Waals surface area contributed by atoms with Crippen LogP contribution in [0.25, 0.3) is 6.08 Å². The van der Waals surface area contributed by atoms with E-state index in [1.54, 1.807) is 0 Å². The normalized spacial score (nSPS) is 14.7. The third-order valence-corrected chi connectivity index (χ3v) is 4.18. The second-order valence-corrected chi connectivity index (χ2v) is 6.05. The molecule has 23 heavy (non-hydrogen) atoms. The van der Waals surface area contributed by atoms with Crippen molar-refractivity contribution in [1.29, 1.82) is 0 Å². The highest BCUT2D eigenvalue weighted by Crippen LogP contribution is 2.22. The zero-order valence-electron chi connectivity index (χ0n) is 13.7. The Labute approximate surface area is 137 Å². The largest absolute Gasteiger partial charge is 0.322 e. The Morgan fingerprint density at radius 3 is 2.87 bits per heavy atom. The molecule has 0 radical (unpaired) electrons. The zero-order valence-corrected chi connectivity index (χ0v) is 13.7. The van der Waals surface area contributed by atoms with E-state index in [0.717, 1.165) is 30.8 Å². The number of fused-ring (bicyclic) bond motifs is 1. The minimum atomic E-state index is -0.0690. The predicted molar refractivity (Wildman–Crippen MR) is 95.6 cm³/mol. The third-order valence-electron chi connectivity index (χ3n) is 4.18. The molecule has 3 rings (SSSR count). The maximum absolute atomic E-state index is 12.5. The summed E-state index contributed by atoms with van der Waals surface area (Å²) in [7, 11) is 2.13. The van der Waals surface area contributed by atoms with Crippen LogP contribution in [0.4, 0.5) is 5.69 Å². The first-order chi connectivity index (χ1) is 11.2. The summed E-state index contributed by atoms with van der Waals surface area (Å²) in [6.07, 6.45) is 5.04. The van der Waals surface area contributed by atoms with Crippen molar-refractivity contribution in [2.75, 3.05) is 18.9 Å². The van der Waals surface area contributed by atoms with E-state index in [0.29, 0.717) is 5.56 Å². The molecule has 1 aliphatic rings. The van der Waals surface area contributed by atoms with Crippen molar-refractivity contribution in [1.82, 2.24) is 4.90 Å². The zero-order chi connectivity index (χ0) is 16.2. The van der Waals surface area contributed by atoms with Crippen LogP contribution < -0.4 is 5.32 Å². The van der Waals surface area contributed by atoms with Gasteiger partial charge in [-0.3, -0.25) is 4.79 Å². The van der Waals surface area contributed by atoms with Gasteiger partial charge in [0, 0.05) is 24.3 Å². The number of amides is 1. The summed E-state index contributed by atoms with van der Waals surface area (Å²) in [5, 5.41) is 3.01. The molecule has 1 aliphatic heterocycles. The minimum Gasteiger partial charge on any atom is -0.322 e. The molecular formula is C20H22N2O. The van der Waals surface area contributed by atoms with Gasteiger partial charge in [-0.2, -0.15) is 0 Å². The number of benzene rings is 2. The summed E-state index contributed by atoms with van der Waals surface area (Å²) in [4.78, 5) is 14.8. The maximum atomic E-state index is 12.5.